The standard InChI is InChI=1S/C28H41NO4/c1-5-25(32)29-14-6-7-15-33-24-17-28(4)22(18(2)30)10-11-23(28)21-9-8-19-16-20(31)12-13-27(19,3)26(21)24/h5,16,21-24,26H,1,6-15,17H2,2-4H3,(H,29,32)/t21-,22+,23-,24?,26+,27-,28+/m0/s1. The lowest BCUT2D eigenvalue weighted by Gasteiger charge is -2.60. The normalized spacial score (nSPS) is 39.7. The average Bonchev–Trinajstić information content (AvgIpc) is 3.13. The molecule has 3 saturated carbocycles. The predicted molar refractivity (Wildman–Crippen MR) is 128 cm³/mol. The van der Waals surface area contributed by atoms with Crippen LogP contribution in [0.2, 0.25) is 0 Å². The van der Waals surface area contributed by atoms with Crippen LogP contribution in [0, 0.1) is 34.5 Å². The fourth-order valence-corrected chi connectivity index (χ4v) is 8.22. The van der Waals surface area contributed by atoms with Crippen molar-refractivity contribution in [2.75, 3.05) is 13.2 Å². The van der Waals surface area contributed by atoms with Gasteiger partial charge in [0.2, 0.25) is 5.91 Å². The number of carbonyl (C=O) groups is 3. The molecule has 4 rings (SSSR count). The fourth-order valence-electron chi connectivity index (χ4n) is 8.22. The van der Waals surface area contributed by atoms with Crippen molar-refractivity contribution >= 4 is 17.5 Å². The van der Waals surface area contributed by atoms with Crippen molar-refractivity contribution in [3.05, 3.63) is 24.3 Å². The van der Waals surface area contributed by atoms with Crippen LogP contribution >= 0.6 is 0 Å². The second-order valence-corrected chi connectivity index (χ2v) is 11.5. The number of carbonyl (C=O) groups excluding carboxylic acids is 3. The molecule has 182 valence electrons. The summed E-state index contributed by atoms with van der Waals surface area (Å²) in [6.45, 7) is 11.3. The summed E-state index contributed by atoms with van der Waals surface area (Å²) < 4.78 is 6.67. The van der Waals surface area contributed by atoms with Gasteiger partial charge in [0, 0.05) is 25.5 Å². The van der Waals surface area contributed by atoms with E-state index in [9.17, 15) is 14.4 Å². The molecule has 1 N–H and O–H groups in total. The average molecular weight is 456 g/mol. The molecule has 3 fully saturated rings. The van der Waals surface area contributed by atoms with Crippen LogP contribution in [0.5, 0.6) is 0 Å². The summed E-state index contributed by atoms with van der Waals surface area (Å²) in [6.07, 6.45) is 11.9. The molecule has 1 amide bonds. The maximum absolute atomic E-state index is 12.6. The molecule has 5 nitrogen and oxygen atoms in total. The Morgan fingerprint density at radius 3 is 2.73 bits per heavy atom. The molecule has 1 unspecified atom stereocenters. The van der Waals surface area contributed by atoms with Crippen LogP contribution in [0.1, 0.15) is 78.6 Å². The summed E-state index contributed by atoms with van der Waals surface area (Å²) in [4.78, 5) is 36.1. The van der Waals surface area contributed by atoms with Crippen LogP contribution < -0.4 is 5.32 Å². The van der Waals surface area contributed by atoms with Gasteiger partial charge in [-0.2, -0.15) is 0 Å². The summed E-state index contributed by atoms with van der Waals surface area (Å²) >= 11 is 0. The van der Waals surface area contributed by atoms with Crippen molar-refractivity contribution in [3.63, 3.8) is 0 Å². The van der Waals surface area contributed by atoms with Gasteiger partial charge in [0.25, 0.3) is 0 Å². The highest BCUT2D eigenvalue weighted by atomic mass is 16.5. The lowest BCUT2D eigenvalue weighted by atomic mass is 9.46. The van der Waals surface area contributed by atoms with Crippen molar-refractivity contribution in [3.8, 4) is 0 Å². The summed E-state index contributed by atoms with van der Waals surface area (Å²) in [5.41, 5.74) is 1.37. The van der Waals surface area contributed by atoms with Gasteiger partial charge in [0.15, 0.2) is 5.78 Å². The van der Waals surface area contributed by atoms with Crippen molar-refractivity contribution in [1.82, 2.24) is 5.32 Å². The molecule has 0 aromatic rings. The first kappa shape index (κ1) is 24.4. The van der Waals surface area contributed by atoms with E-state index in [1.807, 2.05) is 6.08 Å². The monoisotopic (exact) mass is 455 g/mol. The van der Waals surface area contributed by atoms with Gasteiger partial charge in [-0.05, 0) is 99.0 Å². The number of Topliss-reactive ketones (excluding diaryl/α,β-unsaturated/α-hetero) is 1. The van der Waals surface area contributed by atoms with E-state index in [4.69, 9.17) is 4.74 Å². The predicted octanol–water partition coefficient (Wildman–Crippen LogP) is 4.80. The number of allylic oxidation sites excluding steroid dienone is 1. The van der Waals surface area contributed by atoms with E-state index < -0.39 is 0 Å². The van der Waals surface area contributed by atoms with E-state index in [0.717, 1.165) is 51.4 Å². The van der Waals surface area contributed by atoms with Gasteiger partial charge in [-0.1, -0.05) is 26.0 Å². The number of nitrogens with one attached hydrogen (secondary N) is 1. The molecule has 0 aromatic heterocycles. The zero-order valence-corrected chi connectivity index (χ0v) is 20.7. The van der Waals surface area contributed by atoms with Crippen LogP contribution in [0.4, 0.5) is 0 Å². The second-order valence-electron chi connectivity index (χ2n) is 11.5. The van der Waals surface area contributed by atoms with Gasteiger partial charge < -0.3 is 10.1 Å². The van der Waals surface area contributed by atoms with Crippen molar-refractivity contribution in [1.29, 1.82) is 0 Å². The summed E-state index contributed by atoms with van der Waals surface area (Å²) in [6, 6.07) is 0. The smallest absolute Gasteiger partial charge is 0.243 e. The Kier molecular flexibility index (Phi) is 7.00. The topological polar surface area (TPSA) is 72.5 Å². The molecule has 0 aliphatic heterocycles. The molecule has 0 aromatic carbocycles. The van der Waals surface area contributed by atoms with E-state index in [1.54, 1.807) is 6.92 Å². The summed E-state index contributed by atoms with van der Waals surface area (Å²) in [5.74, 6) is 2.15. The third-order valence-electron chi connectivity index (χ3n) is 9.75. The number of amides is 1. The molecule has 0 radical (unpaired) electrons. The van der Waals surface area contributed by atoms with Gasteiger partial charge in [0.1, 0.15) is 5.78 Å². The van der Waals surface area contributed by atoms with E-state index in [0.29, 0.717) is 43.1 Å². The molecule has 4 aliphatic rings. The minimum absolute atomic E-state index is 0.0116. The number of unbranched alkanes of at least 4 members (excludes halogenated alkanes) is 1. The van der Waals surface area contributed by atoms with Crippen LogP contribution in [0.3, 0.4) is 0 Å². The quantitative estimate of drug-likeness (QED) is 0.421. The Labute approximate surface area is 198 Å². The zero-order valence-electron chi connectivity index (χ0n) is 20.7. The number of hydrogen-bond acceptors (Lipinski definition) is 4. The number of ether oxygens (including phenoxy) is 1. The van der Waals surface area contributed by atoms with Crippen molar-refractivity contribution in [2.24, 2.45) is 34.5 Å². The van der Waals surface area contributed by atoms with E-state index in [1.165, 1.54) is 11.6 Å². The lowest BCUT2D eigenvalue weighted by molar-refractivity contribution is -0.158. The third-order valence-corrected chi connectivity index (χ3v) is 9.75. The molecule has 0 heterocycles. The van der Waals surface area contributed by atoms with Crippen LogP contribution in [-0.2, 0) is 19.1 Å². The number of rotatable bonds is 8. The van der Waals surface area contributed by atoms with Crippen molar-refractivity contribution < 1.29 is 19.1 Å². The highest BCUT2D eigenvalue weighted by Crippen LogP contribution is 2.67. The molecular weight excluding hydrogens is 414 g/mol. The fraction of sp³-hybridized carbons (Fsp3) is 0.750. The molecular formula is C28H41NO4. The van der Waals surface area contributed by atoms with E-state index >= 15 is 0 Å². The highest BCUT2D eigenvalue weighted by molar-refractivity contribution is 5.91. The molecule has 0 spiro atoms. The van der Waals surface area contributed by atoms with E-state index in [-0.39, 0.29) is 34.5 Å². The van der Waals surface area contributed by atoms with E-state index in [2.05, 4.69) is 25.7 Å². The first-order chi connectivity index (χ1) is 15.7. The van der Waals surface area contributed by atoms with Gasteiger partial charge in [-0.25, -0.2) is 0 Å². The van der Waals surface area contributed by atoms with Gasteiger partial charge in [-0.3, -0.25) is 14.4 Å². The first-order valence-corrected chi connectivity index (χ1v) is 13.0. The van der Waals surface area contributed by atoms with Gasteiger partial charge >= 0.3 is 0 Å². The maximum Gasteiger partial charge on any atom is 0.243 e. The third kappa shape index (κ3) is 4.38. The Bertz CT molecular complexity index is 847. The maximum atomic E-state index is 12.6. The first-order valence-electron chi connectivity index (χ1n) is 13.0. The number of fused-ring (bicyclic) bond motifs is 5. The second kappa shape index (κ2) is 9.48. The number of hydrogen-bond donors (Lipinski definition) is 1. The Hall–Kier alpha value is -1.75. The van der Waals surface area contributed by atoms with Crippen LogP contribution in [0.15, 0.2) is 24.3 Å². The zero-order chi connectivity index (χ0) is 23.8. The van der Waals surface area contributed by atoms with Crippen LogP contribution in [0.25, 0.3) is 0 Å². The van der Waals surface area contributed by atoms with Crippen molar-refractivity contribution in [2.45, 2.75) is 84.7 Å². The minimum atomic E-state index is -0.136. The van der Waals surface area contributed by atoms with Gasteiger partial charge in [0.05, 0.1) is 6.10 Å². The molecule has 7 atom stereocenters. The highest BCUT2D eigenvalue weighted by Gasteiger charge is 2.63. The SMILES string of the molecule is C=CC(=O)NCCCCOC1C[C@]2(C)[C@@H](C(C)=O)CC[C@H]2[C@@H]2CCC3=CC(=O)CC[C@]3(C)[C@@H]12. The van der Waals surface area contributed by atoms with Gasteiger partial charge in [-0.15, -0.1) is 0 Å². The number of ketones is 2. The summed E-state index contributed by atoms with van der Waals surface area (Å²) in [7, 11) is 0. The lowest BCUT2D eigenvalue weighted by Crippen LogP contribution is -2.57. The largest absolute Gasteiger partial charge is 0.378 e. The Morgan fingerprint density at radius 2 is 2.00 bits per heavy atom. The summed E-state index contributed by atoms with van der Waals surface area (Å²) in [5, 5.41) is 2.83. The Morgan fingerprint density at radius 1 is 1.21 bits per heavy atom. The molecule has 4 aliphatic carbocycles. The minimum Gasteiger partial charge on any atom is -0.378 e. The molecule has 0 bridgehead atoms. The Balaban J connectivity index is 1.53. The molecule has 5 heteroatoms. The van der Waals surface area contributed by atoms with Crippen LogP contribution in [-0.4, -0.2) is 36.7 Å². The molecule has 0 saturated heterocycles. The molecule has 33 heavy (non-hydrogen) atoms.